The first-order valence-corrected chi connectivity index (χ1v) is 7.17. The molecule has 0 aliphatic heterocycles. The number of para-hydroxylation sites is 1. The molecule has 1 atom stereocenters. The van der Waals surface area contributed by atoms with Gasteiger partial charge in [-0.25, -0.2) is 0 Å². The van der Waals surface area contributed by atoms with E-state index >= 15 is 0 Å². The Kier molecular flexibility index (Phi) is 4.98. The van der Waals surface area contributed by atoms with E-state index in [1.54, 1.807) is 0 Å². The molecule has 0 saturated heterocycles. The monoisotopic (exact) mass is 276 g/mol. The lowest BCUT2D eigenvalue weighted by atomic mass is 9.84. The summed E-state index contributed by atoms with van der Waals surface area (Å²) in [7, 11) is 0. The number of carbonyl (C=O) groups is 1. The Morgan fingerprint density at radius 1 is 1.15 bits per heavy atom. The second-order valence-corrected chi connectivity index (χ2v) is 7.52. The van der Waals surface area contributed by atoms with E-state index in [0.29, 0.717) is 6.42 Å². The van der Waals surface area contributed by atoms with Crippen molar-refractivity contribution in [1.29, 1.82) is 0 Å². The van der Waals surface area contributed by atoms with E-state index in [1.807, 2.05) is 39.0 Å². The maximum Gasteiger partial charge on any atom is 0.225 e. The van der Waals surface area contributed by atoms with Crippen molar-refractivity contribution >= 4 is 11.6 Å². The SMILES string of the molecule is CC(C)(C)c1ccccc1NC(=O)CC(N)C(C)(C)C. The molecular weight excluding hydrogens is 248 g/mol. The lowest BCUT2D eigenvalue weighted by Gasteiger charge is -2.27. The number of nitrogens with one attached hydrogen (secondary N) is 1. The molecule has 112 valence electrons. The number of nitrogens with two attached hydrogens (primary N) is 1. The number of amides is 1. The predicted molar refractivity (Wildman–Crippen MR) is 85.8 cm³/mol. The van der Waals surface area contributed by atoms with Crippen LogP contribution in [0.1, 0.15) is 53.5 Å². The third-order valence-corrected chi connectivity index (χ3v) is 3.53. The maximum absolute atomic E-state index is 12.2. The molecule has 0 heterocycles. The first-order valence-electron chi connectivity index (χ1n) is 7.17. The van der Waals surface area contributed by atoms with Crippen LogP contribution in [0, 0.1) is 5.41 Å². The summed E-state index contributed by atoms with van der Waals surface area (Å²) in [5.41, 5.74) is 8.01. The maximum atomic E-state index is 12.2. The second kappa shape index (κ2) is 5.96. The normalized spacial score (nSPS) is 13.9. The quantitative estimate of drug-likeness (QED) is 0.884. The summed E-state index contributed by atoms with van der Waals surface area (Å²) in [5, 5.41) is 3.00. The molecule has 1 unspecified atom stereocenters. The zero-order chi connectivity index (χ0) is 15.6. The van der Waals surface area contributed by atoms with Gasteiger partial charge in [0.05, 0.1) is 0 Å². The summed E-state index contributed by atoms with van der Waals surface area (Å²) in [5.74, 6) is -0.0240. The van der Waals surface area contributed by atoms with E-state index in [4.69, 9.17) is 5.73 Å². The highest BCUT2D eigenvalue weighted by molar-refractivity contribution is 5.92. The van der Waals surface area contributed by atoms with Crippen LogP contribution in [0.25, 0.3) is 0 Å². The van der Waals surface area contributed by atoms with Crippen molar-refractivity contribution in [1.82, 2.24) is 0 Å². The highest BCUT2D eigenvalue weighted by Crippen LogP contribution is 2.29. The van der Waals surface area contributed by atoms with E-state index in [9.17, 15) is 4.79 Å². The largest absolute Gasteiger partial charge is 0.327 e. The molecule has 0 aliphatic rings. The van der Waals surface area contributed by atoms with Gasteiger partial charge in [-0.05, 0) is 22.5 Å². The van der Waals surface area contributed by atoms with Crippen LogP contribution in [0.4, 0.5) is 5.69 Å². The molecule has 0 radical (unpaired) electrons. The average Bonchev–Trinajstić information content (AvgIpc) is 2.26. The van der Waals surface area contributed by atoms with Gasteiger partial charge in [0.15, 0.2) is 0 Å². The Balaban J connectivity index is 2.82. The van der Waals surface area contributed by atoms with E-state index in [0.717, 1.165) is 11.3 Å². The smallest absolute Gasteiger partial charge is 0.225 e. The zero-order valence-electron chi connectivity index (χ0n) is 13.6. The predicted octanol–water partition coefficient (Wildman–Crippen LogP) is 3.69. The number of benzene rings is 1. The number of anilines is 1. The molecule has 0 saturated carbocycles. The van der Waals surface area contributed by atoms with Crippen LogP contribution in [-0.2, 0) is 10.2 Å². The van der Waals surface area contributed by atoms with Crippen LogP contribution in [0.15, 0.2) is 24.3 Å². The first kappa shape index (κ1) is 16.7. The Morgan fingerprint density at radius 2 is 1.70 bits per heavy atom. The van der Waals surface area contributed by atoms with Gasteiger partial charge in [0.25, 0.3) is 0 Å². The first-order chi connectivity index (χ1) is 9.01. The minimum absolute atomic E-state index is 0.00395. The molecule has 0 aliphatic carbocycles. The molecule has 1 aromatic rings. The lowest BCUT2D eigenvalue weighted by Crippen LogP contribution is -2.38. The molecule has 3 heteroatoms. The Bertz CT molecular complexity index is 467. The zero-order valence-corrected chi connectivity index (χ0v) is 13.6. The molecule has 0 spiro atoms. The van der Waals surface area contributed by atoms with Crippen molar-refractivity contribution in [2.45, 2.75) is 59.4 Å². The molecule has 0 fully saturated rings. The highest BCUT2D eigenvalue weighted by atomic mass is 16.1. The average molecular weight is 276 g/mol. The van der Waals surface area contributed by atoms with Crippen LogP contribution in [0.2, 0.25) is 0 Å². The minimum Gasteiger partial charge on any atom is -0.327 e. The van der Waals surface area contributed by atoms with Crippen LogP contribution >= 0.6 is 0 Å². The lowest BCUT2D eigenvalue weighted by molar-refractivity contribution is -0.117. The van der Waals surface area contributed by atoms with Gasteiger partial charge in [-0.3, -0.25) is 4.79 Å². The molecule has 1 aromatic carbocycles. The van der Waals surface area contributed by atoms with Gasteiger partial charge in [-0.15, -0.1) is 0 Å². The molecule has 1 rings (SSSR count). The van der Waals surface area contributed by atoms with Crippen LogP contribution < -0.4 is 11.1 Å². The number of carbonyl (C=O) groups excluding carboxylic acids is 1. The molecule has 3 N–H and O–H groups in total. The van der Waals surface area contributed by atoms with Crippen molar-refractivity contribution in [2.75, 3.05) is 5.32 Å². The van der Waals surface area contributed by atoms with Crippen molar-refractivity contribution in [3.05, 3.63) is 29.8 Å². The number of hydrogen-bond donors (Lipinski definition) is 2. The fourth-order valence-corrected chi connectivity index (χ4v) is 1.95. The van der Waals surface area contributed by atoms with Crippen molar-refractivity contribution in [2.24, 2.45) is 11.1 Å². The van der Waals surface area contributed by atoms with Crippen molar-refractivity contribution < 1.29 is 4.79 Å². The highest BCUT2D eigenvalue weighted by Gasteiger charge is 2.24. The van der Waals surface area contributed by atoms with Crippen LogP contribution in [0.3, 0.4) is 0 Å². The van der Waals surface area contributed by atoms with Gasteiger partial charge < -0.3 is 11.1 Å². The minimum atomic E-state index is -0.149. The Morgan fingerprint density at radius 3 is 2.20 bits per heavy atom. The number of rotatable bonds is 3. The van der Waals surface area contributed by atoms with E-state index in [1.165, 1.54) is 0 Å². The molecule has 1 amide bonds. The van der Waals surface area contributed by atoms with Gasteiger partial charge in [-0.2, -0.15) is 0 Å². The molecule has 0 aromatic heterocycles. The van der Waals surface area contributed by atoms with E-state index in [-0.39, 0.29) is 22.8 Å². The van der Waals surface area contributed by atoms with Crippen molar-refractivity contribution in [3.63, 3.8) is 0 Å². The van der Waals surface area contributed by atoms with Crippen LogP contribution in [0.5, 0.6) is 0 Å². The van der Waals surface area contributed by atoms with Gasteiger partial charge >= 0.3 is 0 Å². The van der Waals surface area contributed by atoms with Gasteiger partial charge in [-0.1, -0.05) is 59.7 Å². The second-order valence-electron chi connectivity index (χ2n) is 7.52. The summed E-state index contributed by atoms with van der Waals surface area (Å²) in [4.78, 5) is 12.2. The molecule has 3 nitrogen and oxygen atoms in total. The third-order valence-electron chi connectivity index (χ3n) is 3.53. The van der Waals surface area contributed by atoms with Crippen LogP contribution in [-0.4, -0.2) is 11.9 Å². The third kappa shape index (κ3) is 4.64. The fraction of sp³-hybridized carbons (Fsp3) is 0.588. The molecule has 0 bridgehead atoms. The summed E-state index contributed by atoms with van der Waals surface area (Å²) in [6.45, 7) is 12.6. The summed E-state index contributed by atoms with van der Waals surface area (Å²) >= 11 is 0. The van der Waals surface area contributed by atoms with Crippen molar-refractivity contribution in [3.8, 4) is 0 Å². The van der Waals surface area contributed by atoms with E-state index in [2.05, 4.69) is 32.2 Å². The summed E-state index contributed by atoms with van der Waals surface area (Å²) < 4.78 is 0. The van der Waals surface area contributed by atoms with E-state index < -0.39 is 0 Å². The summed E-state index contributed by atoms with van der Waals surface area (Å²) in [6, 6.07) is 7.79. The fourth-order valence-electron chi connectivity index (χ4n) is 1.95. The summed E-state index contributed by atoms with van der Waals surface area (Å²) in [6.07, 6.45) is 0.335. The van der Waals surface area contributed by atoms with Gasteiger partial charge in [0.1, 0.15) is 0 Å². The molecule has 20 heavy (non-hydrogen) atoms. The standard InChI is InChI=1S/C17H28N2O/c1-16(2,3)12-9-7-8-10-13(12)19-15(20)11-14(18)17(4,5)6/h7-10,14H,11,18H2,1-6H3,(H,19,20). The Hall–Kier alpha value is -1.35. The number of hydrogen-bond acceptors (Lipinski definition) is 2. The Labute approximate surface area is 122 Å². The molecular formula is C17H28N2O. The van der Waals surface area contributed by atoms with Gasteiger partial charge in [0.2, 0.25) is 5.91 Å². The van der Waals surface area contributed by atoms with Gasteiger partial charge in [0, 0.05) is 18.2 Å². The topological polar surface area (TPSA) is 55.1 Å².